The first kappa shape index (κ1) is 31.7. The van der Waals surface area contributed by atoms with Gasteiger partial charge in [-0.2, -0.15) is 0 Å². The van der Waals surface area contributed by atoms with Gasteiger partial charge in [-0.15, -0.1) is 0 Å². The Morgan fingerprint density at radius 1 is 0.758 bits per heavy atom. The van der Waals surface area contributed by atoms with Gasteiger partial charge in [-0.05, 0) is 52.6 Å². The summed E-state index contributed by atoms with van der Waals surface area (Å²) in [6, 6.07) is 0. The van der Waals surface area contributed by atoms with E-state index in [9.17, 15) is 9.59 Å². The summed E-state index contributed by atoms with van der Waals surface area (Å²) in [5.74, 6) is -0.366. The topological polar surface area (TPSA) is 65.1 Å². The molecule has 0 aromatic heterocycles. The van der Waals surface area contributed by atoms with Crippen LogP contribution in [0.2, 0.25) is 0 Å². The zero-order valence-corrected chi connectivity index (χ0v) is 21.8. The molecule has 0 fully saturated rings. The van der Waals surface area contributed by atoms with E-state index in [0.717, 1.165) is 45.3 Å². The average molecular weight is 470 g/mol. The third-order valence-electron chi connectivity index (χ3n) is 5.84. The van der Waals surface area contributed by atoms with Crippen LogP contribution in [0.4, 0.5) is 4.79 Å². The molecule has 0 aromatic carbocycles. The fourth-order valence-electron chi connectivity index (χ4n) is 3.80. The van der Waals surface area contributed by atoms with E-state index in [1.165, 1.54) is 51.4 Å². The van der Waals surface area contributed by atoms with Crippen LogP contribution in [-0.4, -0.2) is 55.5 Å². The maximum absolute atomic E-state index is 12.1. The minimum Gasteiger partial charge on any atom is -0.462 e. The third kappa shape index (κ3) is 21.0. The highest BCUT2D eigenvalue weighted by Gasteiger charge is 2.18. The second-order valence-electron chi connectivity index (χ2n) is 8.84. The van der Waals surface area contributed by atoms with Crippen molar-refractivity contribution in [3.63, 3.8) is 0 Å². The summed E-state index contributed by atoms with van der Waals surface area (Å²) in [5.41, 5.74) is 0. The molecule has 0 heterocycles. The van der Waals surface area contributed by atoms with Crippen LogP contribution >= 0.6 is 0 Å². The van der Waals surface area contributed by atoms with Gasteiger partial charge in [-0.3, -0.25) is 4.79 Å². The van der Waals surface area contributed by atoms with E-state index in [1.807, 2.05) is 0 Å². The average Bonchev–Trinajstić information content (AvgIpc) is 2.78. The molecule has 0 amide bonds. The Hall–Kier alpha value is -1.30. The molecule has 0 aliphatic carbocycles. The monoisotopic (exact) mass is 469 g/mol. The standard InChI is InChI=1S/C27H51NO5/c1-6-9-10-11-12-13-14-15-16-17-19-25(20-21-26(29)32-24(4)5)33-27(30)31-23-18-22-28(7-2)8-3/h24-25H,4-23H2,1-3H3. The first-order valence-corrected chi connectivity index (χ1v) is 13.3. The molecule has 0 spiro atoms. The van der Waals surface area contributed by atoms with E-state index in [2.05, 4.69) is 39.5 Å². The van der Waals surface area contributed by atoms with Crippen molar-refractivity contribution in [1.29, 1.82) is 0 Å². The molecule has 0 aliphatic rings. The SMILES string of the molecule is [CH2]C([CH2])OC(=O)CCC(CCCCCCCCCCCC)OC(=O)OCCCN(CC)CC. The van der Waals surface area contributed by atoms with Crippen molar-refractivity contribution in [3.8, 4) is 0 Å². The Morgan fingerprint density at radius 3 is 1.88 bits per heavy atom. The maximum Gasteiger partial charge on any atom is 0.508 e. The molecule has 0 rings (SSSR count). The Kier molecular flexibility index (Phi) is 21.6. The fourth-order valence-corrected chi connectivity index (χ4v) is 3.80. The largest absolute Gasteiger partial charge is 0.508 e. The molecule has 0 saturated carbocycles. The molecule has 0 aliphatic heterocycles. The van der Waals surface area contributed by atoms with Crippen LogP contribution in [0.5, 0.6) is 0 Å². The summed E-state index contributed by atoms with van der Waals surface area (Å²) in [5, 5.41) is 0. The number of carbonyl (C=O) groups is 2. The van der Waals surface area contributed by atoms with E-state index in [1.54, 1.807) is 0 Å². The number of ether oxygens (including phenoxy) is 3. The number of rotatable bonds is 22. The van der Waals surface area contributed by atoms with E-state index in [-0.39, 0.29) is 18.5 Å². The summed E-state index contributed by atoms with van der Waals surface area (Å²) in [6.45, 7) is 16.8. The van der Waals surface area contributed by atoms with Crippen LogP contribution in [0.1, 0.15) is 111 Å². The van der Waals surface area contributed by atoms with Gasteiger partial charge in [0.1, 0.15) is 12.2 Å². The smallest absolute Gasteiger partial charge is 0.462 e. The molecule has 0 N–H and O–H groups in total. The molecular weight excluding hydrogens is 418 g/mol. The predicted molar refractivity (Wildman–Crippen MR) is 135 cm³/mol. The molecule has 0 saturated heterocycles. The van der Waals surface area contributed by atoms with E-state index in [0.29, 0.717) is 13.0 Å². The fraction of sp³-hybridized carbons (Fsp3) is 0.852. The molecule has 194 valence electrons. The van der Waals surface area contributed by atoms with Crippen LogP contribution in [-0.2, 0) is 19.0 Å². The number of carbonyl (C=O) groups excluding carboxylic acids is 2. The van der Waals surface area contributed by atoms with Gasteiger partial charge in [0.25, 0.3) is 0 Å². The molecule has 1 unspecified atom stereocenters. The zero-order valence-electron chi connectivity index (χ0n) is 21.8. The summed E-state index contributed by atoms with van der Waals surface area (Å²) in [4.78, 5) is 26.3. The summed E-state index contributed by atoms with van der Waals surface area (Å²) < 4.78 is 15.8. The molecular formula is C27H51NO5. The lowest BCUT2D eigenvalue weighted by atomic mass is 10.0. The highest BCUT2D eigenvalue weighted by atomic mass is 16.7. The van der Waals surface area contributed by atoms with Crippen molar-refractivity contribution in [1.82, 2.24) is 4.90 Å². The molecule has 6 nitrogen and oxygen atoms in total. The van der Waals surface area contributed by atoms with Gasteiger partial charge in [-0.25, -0.2) is 4.79 Å². The first-order chi connectivity index (χ1) is 15.9. The number of esters is 1. The van der Waals surface area contributed by atoms with Crippen LogP contribution in [0, 0.1) is 13.8 Å². The van der Waals surface area contributed by atoms with Crippen molar-refractivity contribution < 1.29 is 23.8 Å². The van der Waals surface area contributed by atoms with Crippen molar-refractivity contribution >= 4 is 12.1 Å². The van der Waals surface area contributed by atoms with Crippen LogP contribution in [0.25, 0.3) is 0 Å². The summed E-state index contributed by atoms with van der Waals surface area (Å²) >= 11 is 0. The Morgan fingerprint density at radius 2 is 1.33 bits per heavy atom. The lowest BCUT2D eigenvalue weighted by Crippen LogP contribution is -2.26. The van der Waals surface area contributed by atoms with Crippen LogP contribution in [0.15, 0.2) is 0 Å². The molecule has 2 radical (unpaired) electrons. The van der Waals surface area contributed by atoms with Gasteiger partial charge in [0.05, 0.1) is 6.61 Å². The third-order valence-corrected chi connectivity index (χ3v) is 5.84. The summed E-state index contributed by atoms with van der Waals surface area (Å²) in [7, 11) is 0. The van der Waals surface area contributed by atoms with Gasteiger partial charge in [-0.1, -0.05) is 78.6 Å². The van der Waals surface area contributed by atoms with Gasteiger partial charge in [0.15, 0.2) is 0 Å². The maximum atomic E-state index is 12.1. The number of unbranched alkanes of at least 4 members (excludes halogenated alkanes) is 9. The highest BCUT2D eigenvalue weighted by Crippen LogP contribution is 2.16. The molecule has 0 bridgehead atoms. The molecule has 33 heavy (non-hydrogen) atoms. The Bertz CT molecular complexity index is 465. The quantitative estimate of drug-likeness (QED) is 0.127. The van der Waals surface area contributed by atoms with E-state index in [4.69, 9.17) is 14.2 Å². The van der Waals surface area contributed by atoms with Crippen LogP contribution < -0.4 is 0 Å². The zero-order chi connectivity index (χ0) is 24.7. The molecule has 0 aromatic rings. The highest BCUT2D eigenvalue weighted by molar-refractivity contribution is 5.69. The van der Waals surface area contributed by atoms with Crippen molar-refractivity contribution in [3.05, 3.63) is 13.8 Å². The minimum absolute atomic E-state index is 0.180. The normalized spacial score (nSPS) is 12.2. The van der Waals surface area contributed by atoms with Gasteiger partial charge in [0, 0.05) is 13.0 Å². The van der Waals surface area contributed by atoms with Gasteiger partial charge in [0.2, 0.25) is 0 Å². The number of nitrogens with zero attached hydrogens (tertiary/aromatic N) is 1. The Labute approximate surface area is 204 Å². The lowest BCUT2D eigenvalue weighted by molar-refractivity contribution is -0.146. The van der Waals surface area contributed by atoms with E-state index < -0.39 is 12.3 Å². The second kappa shape index (κ2) is 22.5. The number of hydrogen-bond acceptors (Lipinski definition) is 6. The van der Waals surface area contributed by atoms with Crippen molar-refractivity contribution in [2.24, 2.45) is 0 Å². The second-order valence-corrected chi connectivity index (χ2v) is 8.84. The Balaban J connectivity index is 4.21. The van der Waals surface area contributed by atoms with Gasteiger partial charge < -0.3 is 19.1 Å². The predicted octanol–water partition coefficient (Wildman–Crippen LogP) is 6.91. The van der Waals surface area contributed by atoms with Crippen molar-refractivity contribution in [2.75, 3.05) is 26.2 Å². The number of hydrogen-bond donors (Lipinski definition) is 0. The first-order valence-electron chi connectivity index (χ1n) is 13.3. The molecule has 6 heteroatoms. The molecule has 1 atom stereocenters. The van der Waals surface area contributed by atoms with Crippen LogP contribution in [0.3, 0.4) is 0 Å². The van der Waals surface area contributed by atoms with Gasteiger partial charge >= 0.3 is 12.1 Å². The van der Waals surface area contributed by atoms with E-state index >= 15 is 0 Å². The summed E-state index contributed by atoms with van der Waals surface area (Å²) in [6.07, 6.45) is 13.0. The van der Waals surface area contributed by atoms with Crippen molar-refractivity contribution in [2.45, 2.75) is 123 Å². The minimum atomic E-state index is -0.646. The lowest BCUT2D eigenvalue weighted by Gasteiger charge is -2.19.